The molecule has 454 valence electrons. The lowest BCUT2D eigenvalue weighted by Crippen LogP contribution is -2.19. The van der Waals surface area contributed by atoms with Gasteiger partial charge in [-0.25, -0.2) is 13.6 Å². The maximum Gasteiger partial charge on any atom is 0.330 e. The second-order valence-corrected chi connectivity index (χ2v) is 19.6. The average Bonchev–Trinajstić information content (AvgIpc) is 3.45. The fraction of sp³-hybridized carbons (Fsp3) is 0.439. The number of carbonyl (C=O) groups excluding carboxylic acids is 4. The third kappa shape index (κ3) is 56.8. The fourth-order valence-electron chi connectivity index (χ4n) is 4.80. The number of rotatable bonds is 17. The molecule has 5 aromatic rings. The Bertz CT molecular complexity index is 2390. The molecule has 0 aliphatic rings. The molecule has 3 heterocycles. The van der Waals surface area contributed by atoms with E-state index in [4.69, 9.17) is 19.0 Å². The van der Waals surface area contributed by atoms with Gasteiger partial charge in [0.25, 0.3) is 0 Å². The zero-order valence-corrected chi connectivity index (χ0v) is 52.3. The lowest BCUT2D eigenvalue weighted by atomic mass is 10.1. The quantitative estimate of drug-likeness (QED) is 0.0406. The molecule has 0 aliphatic heterocycles. The summed E-state index contributed by atoms with van der Waals surface area (Å²) in [6, 6.07) is 22.5. The molecule has 3 amide bonds. The molecule has 0 radical (unpaired) electrons. The summed E-state index contributed by atoms with van der Waals surface area (Å²) >= 11 is 0. The minimum atomic E-state index is -0.254. The average molecular weight is 1140 g/mol. The number of halogens is 2. The molecule has 82 heavy (non-hydrogen) atoms. The Hall–Kier alpha value is -7.93. The number of aromatic nitrogens is 3. The number of esters is 1. The van der Waals surface area contributed by atoms with Gasteiger partial charge in [-0.1, -0.05) is 131 Å². The van der Waals surface area contributed by atoms with Crippen LogP contribution in [0, 0.1) is 53.1 Å². The van der Waals surface area contributed by atoms with Crippen molar-refractivity contribution in [3.63, 3.8) is 0 Å². The highest BCUT2D eigenvalue weighted by atomic mass is 19.1. The molecule has 0 atom stereocenters. The van der Waals surface area contributed by atoms with E-state index in [1.807, 2.05) is 96.3 Å². The summed E-state index contributed by atoms with van der Waals surface area (Å²) in [5.41, 5.74) is 7.04. The first-order chi connectivity index (χ1) is 38.9. The first kappa shape index (κ1) is 80.5. The van der Waals surface area contributed by atoms with Gasteiger partial charge in [0.15, 0.2) is 0 Å². The molecule has 0 bridgehead atoms. The highest BCUT2D eigenvalue weighted by molar-refractivity contribution is 5.81. The Balaban J connectivity index is -0.000000425. The number of hydrogen-bond acceptors (Lipinski definition) is 11. The van der Waals surface area contributed by atoms with Crippen molar-refractivity contribution in [1.82, 2.24) is 24.8 Å². The zero-order valence-electron chi connectivity index (χ0n) is 52.3. The molecule has 2 aromatic carbocycles. The number of carbonyl (C=O) groups is 4. The monoisotopic (exact) mass is 1140 g/mol. The molecule has 0 fully saturated rings. The summed E-state index contributed by atoms with van der Waals surface area (Å²) in [6.45, 7) is 34.3. The summed E-state index contributed by atoms with van der Waals surface area (Å²) in [4.78, 5) is 53.6. The molecule has 5 rings (SSSR count). The van der Waals surface area contributed by atoms with Gasteiger partial charge >= 0.3 is 5.97 Å². The number of hydrogen-bond donors (Lipinski definition) is 1. The Labute approximate surface area is 492 Å². The Morgan fingerprint density at radius 3 is 1.49 bits per heavy atom. The second kappa shape index (κ2) is 55.0. The van der Waals surface area contributed by atoms with Crippen molar-refractivity contribution in [3.05, 3.63) is 163 Å². The number of nitrogens with zero attached hydrogens (tertiary/aromatic N) is 5. The van der Waals surface area contributed by atoms with Gasteiger partial charge in [-0.15, -0.1) is 0 Å². The number of pyridine rings is 3. The maximum atomic E-state index is 12.7. The Kier molecular flexibility index (Phi) is 54.0. The Morgan fingerprint density at radius 2 is 1.13 bits per heavy atom. The highest BCUT2D eigenvalue weighted by Gasteiger charge is 2.01. The van der Waals surface area contributed by atoms with Crippen molar-refractivity contribution in [1.29, 1.82) is 0 Å². The smallest absolute Gasteiger partial charge is 0.330 e. The van der Waals surface area contributed by atoms with Crippen LogP contribution in [-0.4, -0.2) is 104 Å². The zero-order chi connectivity index (χ0) is 63.1. The summed E-state index contributed by atoms with van der Waals surface area (Å²) in [6.07, 6.45) is 19.6. The second-order valence-electron chi connectivity index (χ2n) is 19.6. The lowest BCUT2D eigenvalue weighted by Gasteiger charge is -2.08. The van der Waals surface area contributed by atoms with Gasteiger partial charge in [0.05, 0.1) is 45.5 Å². The molecule has 0 spiro atoms. The largest absolute Gasteiger partial charge is 0.495 e. The molecule has 2 N–H and O–H groups in total. The van der Waals surface area contributed by atoms with E-state index >= 15 is 0 Å². The van der Waals surface area contributed by atoms with Gasteiger partial charge < -0.3 is 34.5 Å². The van der Waals surface area contributed by atoms with Crippen LogP contribution in [-0.2, 0) is 23.9 Å². The summed E-state index contributed by atoms with van der Waals surface area (Å²) in [5, 5.41) is 0. The number of amides is 3. The van der Waals surface area contributed by atoms with E-state index in [9.17, 15) is 23.2 Å². The SMILES string of the molecule is CC(C)/C=C/c1cccc(F)c1.CC(C)C#Cc1cccc(F)c1.CC(C)COc1cccnc1.CC(C)COc1cccnc1.CCN(C=O)CC.CCOC(=O)/C=C/C(C)C.CN(C)C=O.COc1cncc(C(C)C)c1.NC=O. The first-order valence-corrected chi connectivity index (χ1v) is 27.4. The van der Waals surface area contributed by atoms with Crippen molar-refractivity contribution in [2.75, 3.05) is 54.1 Å². The summed E-state index contributed by atoms with van der Waals surface area (Å²) in [5.74, 6) is 10.6. The van der Waals surface area contributed by atoms with E-state index in [0.717, 1.165) is 67.5 Å². The van der Waals surface area contributed by atoms with Gasteiger partial charge in [-0.05, 0) is 122 Å². The molecule has 14 nitrogen and oxygen atoms in total. The number of nitrogens with two attached hydrogens (primary N) is 1. The van der Waals surface area contributed by atoms with Gasteiger partial charge in [0, 0.05) is 63.3 Å². The minimum Gasteiger partial charge on any atom is -0.495 e. The van der Waals surface area contributed by atoms with Gasteiger partial charge in [-0.3, -0.25) is 29.3 Å². The van der Waals surface area contributed by atoms with Crippen molar-refractivity contribution in [3.8, 4) is 29.1 Å². The van der Waals surface area contributed by atoms with Crippen LogP contribution in [0.25, 0.3) is 6.08 Å². The summed E-state index contributed by atoms with van der Waals surface area (Å²) in [7, 11) is 5.03. The first-order valence-electron chi connectivity index (χ1n) is 27.4. The van der Waals surface area contributed by atoms with Crippen molar-refractivity contribution >= 4 is 31.3 Å². The third-order valence-corrected chi connectivity index (χ3v) is 9.00. The molecule has 0 aliphatic carbocycles. The van der Waals surface area contributed by atoms with Crippen LogP contribution >= 0.6 is 0 Å². The van der Waals surface area contributed by atoms with Crippen LogP contribution in [0.5, 0.6) is 17.2 Å². The molecule has 0 saturated heterocycles. The number of ether oxygens (including phenoxy) is 4. The van der Waals surface area contributed by atoms with E-state index in [-0.39, 0.29) is 24.0 Å². The fourth-order valence-corrected chi connectivity index (χ4v) is 4.80. The van der Waals surface area contributed by atoms with Gasteiger partial charge in [0.1, 0.15) is 28.9 Å². The predicted molar refractivity (Wildman–Crippen MR) is 332 cm³/mol. The maximum absolute atomic E-state index is 12.7. The van der Waals surface area contributed by atoms with Crippen molar-refractivity contribution < 1.29 is 46.9 Å². The van der Waals surface area contributed by atoms with E-state index in [1.165, 1.54) is 40.8 Å². The van der Waals surface area contributed by atoms with E-state index in [0.29, 0.717) is 42.1 Å². The van der Waals surface area contributed by atoms with Crippen LogP contribution in [0.15, 0.2) is 134 Å². The van der Waals surface area contributed by atoms with Crippen molar-refractivity contribution in [2.45, 2.75) is 110 Å². The normalized spacial score (nSPS) is 9.68. The predicted octanol–water partition coefficient (Wildman–Crippen LogP) is 13.8. The Morgan fingerprint density at radius 1 is 0.646 bits per heavy atom. The highest BCUT2D eigenvalue weighted by Crippen LogP contribution is 2.18. The number of allylic oxidation sites excluding steroid dienone is 2. The lowest BCUT2D eigenvalue weighted by molar-refractivity contribution is -0.137. The molecule has 0 unspecified atom stereocenters. The molecule has 0 saturated carbocycles. The van der Waals surface area contributed by atoms with Gasteiger partial charge in [0.2, 0.25) is 19.2 Å². The van der Waals surface area contributed by atoms with E-state index < -0.39 is 0 Å². The summed E-state index contributed by atoms with van der Waals surface area (Å²) < 4.78 is 45.8. The van der Waals surface area contributed by atoms with Crippen LogP contribution < -0.4 is 19.9 Å². The number of benzene rings is 2. The molecule has 16 heteroatoms. The van der Waals surface area contributed by atoms with E-state index in [2.05, 4.69) is 98.7 Å². The number of methoxy groups -OCH3 is 1. The van der Waals surface area contributed by atoms with Crippen LogP contribution in [0.3, 0.4) is 0 Å². The van der Waals surface area contributed by atoms with Crippen LogP contribution in [0.1, 0.15) is 126 Å². The minimum absolute atomic E-state index is 0.180. The third-order valence-electron chi connectivity index (χ3n) is 9.00. The molecular formula is C66H98F2N6O8. The molecular weight excluding hydrogens is 1040 g/mol. The van der Waals surface area contributed by atoms with E-state index in [1.54, 1.807) is 82.2 Å². The van der Waals surface area contributed by atoms with Crippen molar-refractivity contribution in [2.24, 2.45) is 35.3 Å². The topological polar surface area (TPSA) is 176 Å². The number of primary amides is 1. The van der Waals surface area contributed by atoms with Crippen LogP contribution in [0.4, 0.5) is 8.78 Å². The standard InChI is InChI=1S/C11H13F.C11H11F.3C9H13NO.C8H14O2.C5H11NO.C3H7NO.CH3NO/c2*1-9(2)6-7-10-4-3-5-11(12)8-10;1-7(2)8-4-9(11-3)6-10-5-8;2*1-8(2)7-11-9-4-3-5-10-6-9;1-4-10-8(9)6-5-7(2)3;1-3-6(4-2)5-7;1-4(2)3-5;2-1-3/h3-9H,1-2H3;3-5,8-9H,1-2H3;4-7H,1-3H3;2*3-6,8H,7H2,1-2H3;5-7H,4H2,1-3H3;5H,3-4H2,1-2H3;3H,1-2H3;1H,(H2,2,3)/b7-6+;;;;;6-5+;;;. The van der Waals surface area contributed by atoms with Gasteiger partial charge in [-0.2, -0.15) is 0 Å². The molecule has 3 aromatic heterocycles. The van der Waals surface area contributed by atoms with Crippen LogP contribution in [0.2, 0.25) is 0 Å².